The molecule has 0 fully saturated rings. The van der Waals surface area contributed by atoms with Crippen LogP contribution < -0.4 is 5.56 Å². The van der Waals surface area contributed by atoms with Gasteiger partial charge in [-0.25, -0.2) is 9.97 Å². The first-order chi connectivity index (χ1) is 13.7. The fraction of sp³-hybridized carbons (Fsp3) is 0.350. The molecule has 1 aliphatic heterocycles. The fourth-order valence-corrected chi connectivity index (χ4v) is 3.50. The highest BCUT2D eigenvalue weighted by atomic mass is 19.4. The van der Waals surface area contributed by atoms with E-state index in [2.05, 4.69) is 19.9 Å². The second-order valence-corrected chi connectivity index (χ2v) is 7.11. The molecule has 0 saturated carbocycles. The lowest BCUT2D eigenvalue weighted by Gasteiger charge is -2.27. The van der Waals surface area contributed by atoms with Crippen LogP contribution in [-0.2, 0) is 25.7 Å². The van der Waals surface area contributed by atoms with E-state index >= 15 is 0 Å². The van der Waals surface area contributed by atoms with Crippen molar-refractivity contribution in [3.8, 4) is 11.4 Å². The minimum absolute atomic E-state index is 0.275. The molecule has 3 heterocycles. The minimum Gasteiger partial charge on any atom is -0.446 e. The summed E-state index contributed by atoms with van der Waals surface area (Å²) < 4.78 is 43.7. The number of aromatic nitrogens is 3. The van der Waals surface area contributed by atoms with Gasteiger partial charge in [-0.2, -0.15) is 13.2 Å². The van der Waals surface area contributed by atoms with Gasteiger partial charge in [0, 0.05) is 38.5 Å². The maximum Gasteiger partial charge on any atom is 0.416 e. The number of nitrogens with zero attached hydrogens (tertiary/aromatic N) is 3. The van der Waals surface area contributed by atoms with Crippen molar-refractivity contribution in [3.63, 3.8) is 0 Å². The maximum absolute atomic E-state index is 12.7. The predicted octanol–water partition coefficient (Wildman–Crippen LogP) is 3.62. The summed E-state index contributed by atoms with van der Waals surface area (Å²) in [5.74, 6) is 1.65. The lowest BCUT2D eigenvalue weighted by Crippen LogP contribution is -2.35. The molecule has 0 atom stereocenters. The molecule has 1 aromatic carbocycles. The average molecular weight is 404 g/mol. The van der Waals surface area contributed by atoms with Crippen molar-refractivity contribution in [2.24, 2.45) is 0 Å². The summed E-state index contributed by atoms with van der Waals surface area (Å²) in [5, 5.41) is 0. The van der Waals surface area contributed by atoms with E-state index in [-0.39, 0.29) is 11.4 Å². The van der Waals surface area contributed by atoms with Crippen molar-refractivity contribution in [1.29, 1.82) is 0 Å². The number of halogens is 3. The first-order valence-electron chi connectivity index (χ1n) is 9.15. The van der Waals surface area contributed by atoms with Crippen molar-refractivity contribution in [2.45, 2.75) is 39.5 Å². The Morgan fingerprint density at radius 3 is 2.52 bits per heavy atom. The van der Waals surface area contributed by atoms with E-state index in [1.807, 2.05) is 6.92 Å². The van der Waals surface area contributed by atoms with E-state index in [1.165, 1.54) is 12.1 Å². The molecule has 0 unspecified atom stereocenters. The normalized spacial score (nSPS) is 14.8. The highest BCUT2D eigenvalue weighted by molar-refractivity contribution is 5.56. The second-order valence-electron chi connectivity index (χ2n) is 7.11. The van der Waals surface area contributed by atoms with Gasteiger partial charge >= 0.3 is 6.18 Å². The van der Waals surface area contributed by atoms with Gasteiger partial charge in [-0.05, 0) is 19.1 Å². The molecule has 3 aromatic rings. The Labute approximate surface area is 164 Å². The Bertz CT molecular complexity index is 1100. The van der Waals surface area contributed by atoms with E-state index in [1.54, 1.807) is 6.92 Å². The third kappa shape index (κ3) is 3.95. The summed E-state index contributed by atoms with van der Waals surface area (Å²) in [7, 11) is 0. The minimum atomic E-state index is -4.40. The van der Waals surface area contributed by atoms with Crippen molar-refractivity contribution >= 4 is 0 Å². The van der Waals surface area contributed by atoms with Crippen LogP contribution in [0.25, 0.3) is 11.4 Å². The van der Waals surface area contributed by atoms with Crippen LogP contribution in [0.2, 0.25) is 0 Å². The zero-order valence-electron chi connectivity index (χ0n) is 15.9. The molecule has 29 heavy (non-hydrogen) atoms. The van der Waals surface area contributed by atoms with Crippen LogP contribution >= 0.6 is 0 Å². The monoisotopic (exact) mass is 404 g/mol. The average Bonchev–Trinajstić information content (AvgIpc) is 2.98. The molecule has 0 radical (unpaired) electrons. The molecule has 4 rings (SSSR count). The maximum atomic E-state index is 12.7. The Balaban J connectivity index is 1.57. The number of benzene rings is 1. The summed E-state index contributed by atoms with van der Waals surface area (Å²) in [4.78, 5) is 26.3. The Morgan fingerprint density at radius 1 is 1.17 bits per heavy atom. The van der Waals surface area contributed by atoms with Gasteiger partial charge in [0.1, 0.15) is 11.6 Å². The Kier molecular flexibility index (Phi) is 4.77. The zero-order chi connectivity index (χ0) is 20.8. The first-order valence-corrected chi connectivity index (χ1v) is 9.15. The first kappa shape index (κ1) is 19.4. The van der Waals surface area contributed by atoms with Crippen molar-refractivity contribution in [3.05, 3.63) is 68.8 Å². The summed E-state index contributed by atoms with van der Waals surface area (Å²) in [6.07, 6.45) is -3.83. The number of fused-ring (bicyclic) bond motifs is 1. The van der Waals surface area contributed by atoms with E-state index in [0.717, 1.165) is 23.6 Å². The number of nitrogens with one attached hydrogen (secondary N) is 1. The van der Waals surface area contributed by atoms with Gasteiger partial charge in [-0.15, -0.1) is 0 Å². The van der Waals surface area contributed by atoms with Gasteiger partial charge < -0.3 is 9.40 Å². The number of oxazole rings is 1. The molecular formula is C20H19F3N4O2. The van der Waals surface area contributed by atoms with Gasteiger partial charge in [-0.3, -0.25) is 9.69 Å². The molecule has 0 aliphatic carbocycles. The lowest BCUT2D eigenvalue weighted by molar-refractivity contribution is -0.137. The summed E-state index contributed by atoms with van der Waals surface area (Å²) in [5.41, 5.74) is 1.52. The third-order valence-corrected chi connectivity index (χ3v) is 5.01. The van der Waals surface area contributed by atoms with Crippen molar-refractivity contribution in [2.75, 3.05) is 6.54 Å². The number of aromatic amines is 1. The molecule has 152 valence electrons. The van der Waals surface area contributed by atoms with E-state index in [0.29, 0.717) is 48.8 Å². The number of aryl methyl sites for hydroxylation is 2. The van der Waals surface area contributed by atoms with Crippen LogP contribution in [0.5, 0.6) is 0 Å². The van der Waals surface area contributed by atoms with E-state index < -0.39 is 11.7 Å². The van der Waals surface area contributed by atoms with Crippen LogP contribution in [0.4, 0.5) is 13.2 Å². The Hall–Kier alpha value is -2.94. The highest BCUT2D eigenvalue weighted by Crippen LogP contribution is 2.30. The van der Waals surface area contributed by atoms with Crippen molar-refractivity contribution < 1.29 is 17.6 Å². The molecule has 2 aromatic heterocycles. The van der Waals surface area contributed by atoms with Gasteiger partial charge in [-0.1, -0.05) is 12.1 Å². The van der Waals surface area contributed by atoms with Crippen LogP contribution in [0.3, 0.4) is 0 Å². The number of H-pyrrole nitrogens is 1. The topological polar surface area (TPSA) is 75.0 Å². The molecule has 0 spiro atoms. The van der Waals surface area contributed by atoms with Crippen LogP contribution in [0.15, 0.2) is 33.5 Å². The van der Waals surface area contributed by atoms with Gasteiger partial charge in [0.15, 0.2) is 5.89 Å². The summed E-state index contributed by atoms with van der Waals surface area (Å²) in [6.45, 7) is 5.34. The quantitative estimate of drug-likeness (QED) is 0.722. The standard InChI is InChI=1S/C20H19F3N4O2/c1-11-17(24-12(2)29-11)10-27-8-7-16-15(9-27)19(28)26-18(25-16)13-3-5-14(6-4-13)20(21,22)23/h3-6H,7-10H2,1-2H3,(H,25,26,28). The zero-order valence-corrected chi connectivity index (χ0v) is 15.9. The molecule has 0 saturated heterocycles. The second kappa shape index (κ2) is 7.14. The fourth-order valence-electron chi connectivity index (χ4n) is 3.50. The molecule has 0 amide bonds. The number of alkyl halides is 3. The van der Waals surface area contributed by atoms with E-state index in [9.17, 15) is 18.0 Å². The molecular weight excluding hydrogens is 385 g/mol. The van der Waals surface area contributed by atoms with Gasteiger partial charge in [0.2, 0.25) is 0 Å². The Morgan fingerprint density at radius 2 is 1.90 bits per heavy atom. The highest BCUT2D eigenvalue weighted by Gasteiger charge is 2.30. The molecule has 1 aliphatic rings. The molecule has 9 heteroatoms. The van der Waals surface area contributed by atoms with Gasteiger partial charge in [0.25, 0.3) is 5.56 Å². The number of hydrogen-bond donors (Lipinski definition) is 1. The molecule has 6 nitrogen and oxygen atoms in total. The van der Waals surface area contributed by atoms with Crippen LogP contribution in [0, 0.1) is 13.8 Å². The predicted molar refractivity (Wildman–Crippen MR) is 99.1 cm³/mol. The SMILES string of the molecule is Cc1nc(CN2CCc3nc(-c4ccc(C(F)(F)F)cc4)[nH]c(=O)c3C2)c(C)o1. The van der Waals surface area contributed by atoms with Crippen LogP contribution in [-0.4, -0.2) is 26.4 Å². The van der Waals surface area contributed by atoms with Gasteiger partial charge in [0.05, 0.1) is 22.5 Å². The van der Waals surface area contributed by atoms with E-state index in [4.69, 9.17) is 4.42 Å². The molecule has 1 N–H and O–H groups in total. The summed E-state index contributed by atoms with van der Waals surface area (Å²) in [6, 6.07) is 4.61. The largest absolute Gasteiger partial charge is 0.446 e. The summed E-state index contributed by atoms with van der Waals surface area (Å²) >= 11 is 0. The third-order valence-electron chi connectivity index (χ3n) is 5.01. The smallest absolute Gasteiger partial charge is 0.416 e. The lowest BCUT2D eigenvalue weighted by atomic mass is 10.1. The van der Waals surface area contributed by atoms with Crippen LogP contribution in [0.1, 0.15) is 34.2 Å². The number of rotatable bonds is 3. The molecule has 0 bridgehead atoms. The van der Waals surface area contributed by atoms with Crippen molar-refractivity contribution in [1.82, 2.24) is 19.9 Å². The number of hydrogen-bond acceptors (Lipinski definition) is 5.